The molecule has 0 aliphatic carbocycles. The molecule has 0 spiro atoms. The van der Waals surface area contributed by atoms with Gasteiger partial charge in [-0.2, -0.15) is 0 Å². The second-order valence-electron chi connectivity index (χ2n) is 5.33. The van der Waals surface area contributed by atoms with Crippen LogP contribution in [0.1, 0.15) is 33.1 Å². The van der Waals surface area contributed by atoms with Gasteiger partial charge in [0.1, 0.15) is 0 Å². The Hall–Kier alpha value is 0.217. The van der Waals surface area contributed by atoms with Gasteiger partial charge in [0.15, 0.2) is 0 Å². The van der Waals surface area contributed by atoms with Gasteiger partial charge in [-0.3, -0.25) is 0 Å². The van der Waals surface area contributed by atoms with Gasteiger partial charge in [0, 0.05) is 8.07 Å². The summed E-state index contributed by atoms with van der Waals surface area (Å²) in [7, 11) is -0.696. The average molecular weight is 170 g/mol. The minimum absolute atomic E-state index is 0.696. The normalized spacial score (nSPS) is 28.4. The summed E-state index contributed by atoms with van der Waals surface area (Å²) in [5.74, 6) is 0. The van der Waals surface area contributed by atoms with Crippen molar-refractivity contribution in [2.24, 2.45) is 5.41 Å². The quantitative estimate of drug-likeness (QED) is 0.524. The van der Waals surface area contributed by atoms with Crippen LogP contribution in [0.5, 0.6) is 0 Å². The molecule has 1 aliphatic heterocycles. The van der Waals surface area contributed by atoms with Crippen LogP contribution in [0.2, 0.25) is 25.2 Å². The molecule has 1 heterocycles. The van der Waals surface area contributed by atoms with Crippen molar-refractivity contribution in [3.05, 3.63) is 0 Å². The molecule has 0 atom stereocenters. The minimum atomic E-state index is -0.696. The van der Waals surface area contributed by atoms with E-state index in [1.165, 1.54) is 19.3 Å². The molecular formula is C10H22Si. The molecule has 1 fully saturated rings. The van der Waals surface area contributed by atoms with E-state index in [0.717, 1.165) is 0 Å². The van der Waals surface area contributed by atoms with E-state index in [-0.39, 0.29) is 0 Å². The van der Waals surface area contributed by atoms with Crippen molar-refractivity contribution in [3.8, 4) is 0 Å². The molecule has 1 heteroatoms. The predicted octanol–water partition coefficient (Wildman–Crippen LogP) is 3.90. The molecule has 1 saturated heterocycles. The lowest BCUT2D eigenvalue weighted by Crippen LogP contribution is -2.35. The van der Waals surface area contributed by atoms with Crippen LogP contribution in [0.4, 0.5) is 0 Å². The zero-order chi connectivity index (χ0) is 8.54. The average Bonchev–Trinajstić information content (AvgIpc) is 1.97. The molecule has 0 aromatic carbocycles. The number of hydrogen-bond acceptors (Lipinski definition) is 0. The fourth-order valence-electron chi connectivity index (χ4n) is 1.88. The summed E-state index contributed by atoms with van der Waals surface area (Å²) in [6.45, 7) is 9.90. The molecule has 0 aromatic rings. The van der Waals surface area contributed by atoms with E-state index in [1.807, 2.05) is 0 Å². The molecule has 0 bridgehead atoms. The highest BCUT2D eigenvalue weighted by molar-refractivity contribution is 6.77. The van der Waals surface area contributed by atoms with Crippen LogP contribution < -0.4 is 0 Å². The first-order valence-electron chi connectivity index (χ1n) is 4.97. The second-order valence-corrected chi connectivity index (χ2v) is 10.7. The third-order valence-electron chi connectivity index (χ3n) is 3.66. The third-order valence-corrected chi connectivity index (χ3v) is 6.87. The summed E-state index contributed by atoms with van der Waals surface area (Å²) in [6.07, 6.45) is 4.39. The van der Waals surface area contributed by atoms with Crippen molar-refractivity contribution in [2.75, 3.05) is 0 Å². The molecule has 66 valence electrons. The number of rotatable bonds is 1. The predicted molar refractivity (Wildman–Crippen MR) is 54.7 cm³/mol. The lowest BCUT2D eigenvalue weighted by molar-refractivity contribution is 0.271. The highest BCUT2D eigenvalue weighted by atomic mass is 28.3. The summed E-state index contributed by atoms with van der Waals surface area (Å²) in [6, 6.07) is 3.13. The maximum absolute atomic E-state index is 2.54. The van der Waals surface area contributed by atoms with Gasteiger partial charge in [0.05, 0.1) is 0 Å². The van der Waals surface area contributed by atoms with Gasteiger partial charge >= 0.3 is 0 Å². The van der Waals surface area contributed by atoms with E-state index in [1.54, 1.807) is 12.1 Å². The topological polar surface area (TPSA) is 0 Å². The first-order chi connectivity index (χ1) is 4.97. The van der Waals surface area contributed by atoms with E-state index < -0.39 is 8.07 Å². The Morgan fingerprint density at radius 2 is 1.64 bits per heavy atom. The molecule has 0 aromatic heterocycles. The van der Waals surface area contributed by atoms with Gasteiger partial charge in [-0.15, -0.1) is 0 Å². The van der Waals surface area contributed by atoms with E-state index in [4.69, 9.17) is 0 Å². The van der Waals surface area contributed by atoms with E-state index in [9.17, 15) is 0 Å². The van der Waals surface area contributed by atoms with Crippen molar-refractivity contribution < 1.29 is 0 Å². The molecular weight excluding hydrogens is 148 g/mol. The third kappa shape index (κ3) is 2.33. The standard InChI is InChI=1S/C10H22Si/c1-5-10(2)6-8-11(3,4)9-7-10/h5-9H2,1-4H3. The van der Waals surface area contributed by atoms with Crippen LogP contribution in [0, 0.1) is 5.41 Å². The van der Waals surface area contributed by atoms with Gasteiger partial charge < -0.3 is 0 Å². The summed E-state index contributed by atoms with van der Waals surface area (Å²) in [5.41, 5.74) is 0.711. The lowest BCUT2D eigenvalue weighted by Gasteiger charge is -2.39. The summed E-state index contributed by atoms with van der Waals surface area (Å²) in [5, 5.41) is 0. The lowest BCUT2D eigenvalue weighted by atomic mass is 9.82. The zero-order valence-corrected chi connectivity index (χ0v) is 9.54. The van der Waals surface area contributed by atoms with Gasteiger partial charge in [0.25, 0.3) is 0 Å². The molecule has 0 saturated carbocycles. The van der Waals surface area contributed by atoms with Crippen molar-refractivity contribution >= 4 is 8.07 Å². The van der Waals surface area contributed by atoms with Crippen molar-refractivity contribution in [1.29, 1.82) is 0 Å². The Morgan fingerprint density at radius 1 is 1.18 bits per heavy atom. The van der Waals surface area contributed by atoms with Gasteiger partial charge in [0.2, 0.25) is 0 Å². The van der Waals surface area contributed by atoms with Crippen LogP contribution in [0.15, 0.2) is 0 Å². The van der Waals surface area contributed by atoms with E-state index >= 15 is 0 Å². The molecule has 0 unspecified atom stereocenters. The first-order valence-corrected chi connectivity index (χ1v) is 8.39. The largest absolute Gasteiger partial charge is 0.0693 e. The molecule has 1 aliphatic rings. The van der Waals surface area contributed by atoms with Gasteiger partial charge in [-0.25, -0.2) is 0 Å². The summed E-state index contributed by atoms with van der Waals surface area (Å²) >= 11 is 0. The van der Waals surface area contributed by atoms with Crippen LogP contribution in [0.3, 0.4) is 0 Å². The smallest absolute Gasteiger partial charge is 0.0474 e. The maximum Gasteiger partial charge on any atom is 0.0474 e. The Balaban J connectivity index is 2.48. The summed E-state index contributed by atoms with van der Waals surface area (Å²) in [4.78, 5) is 0. The fraction of sp³-hybridized carbons (Fsp3) is 1.00. The SMILES string of the molecule is CCC1(C)CC[Si](C)(C)CC1. The molecule has 0 nitrogen and oxygen atoms in total. The van der Waals surface area contributed by atoms with Crippen molar-refractivity contribution in [1.82, 2.24) is 0 Å². The van der Waals surface area contributed by atoms with Crippen LogP contribution in [0.25, 0.3) is 0 Å². The monoisotopic (exact) mass is 170 g/mol. The van der Waals surface area contributed by atoms with Gasteiger partial charge in [-0.1, -0.05) is 58.3 Å². The van der Waals surface area contributed by atoms with Crippen LogP contribution in [-0.4, -0.2) is 8.07 Å². The van der Waals surface area contributed by atoms with E-state index in [0.29, 0.717) is 5.41 Å². The fourth-order valence-corrected chi connectivity index (χ4v) is 4.69. The molecule has 0 amide bonds. The van der Waals surface area contributed by atoms with Crippen molar-refractivity contribution in [2.45, 2.75) is 58.3 Å². The van der Waals surface area contributed by atoms with Crippen LogP contribution in [-0.2, 0) is 0 Å². The highest BCUT2D eigenvalue weighted by Crippen LogP contribution is 2.42. The Kier molecular flexibility index (Phi) is 2.48. The Labute approximate surface area is 72.4 Å². The molecule has 0 radical (unpaired) electrons. The molecule has 0 N–H and O–H groups in total. The van der Waals surface area contributed by atoms with Gasteiger partial charge in [-0.05, 0) is 5.41 Å². The van der Waals surface area contributed by atoms with E-state index in [2.05, 4.69) is 26.9 Å². The Bertz CT molecular complexity index is 128. The van der Waals surface area contributed by atoms with Crippen LogP contribution >= 0.6 is 0 Å². The molecule has 1 rings (SSSR count). The minimum Gasteiger partial charge on any atom is -0.0693 e. The zero-order valence-electron chi connectivity index (χ0n) is 8.54. The Morgan fingerprint density at radius 3 is 2.00 bits per heavy atom. The van der Waals surface area contributed by atoms with Crippen molar-refractivity contribution in [3.63, 3.8) is 0 Å². The molecule has 11 heavy (non-hydrogen) atoms. The maximum atomic E-state index is 2.54. The number of hydrogen-bond donors (Lipinski definition) is 0. The summed E-state index contributed by atoms with van der Waals surface area (Å²) < 4.78 is 0. The first kappa shape index (κ1) is 9.31. The second kappa shape index (κ2) is 2.93. The highest BCUT2D eigenvalue weighted by Gasteiger charge is 2.34.